The van der Waals surface area contributed by atoms with Crippen LogP contribution in [0.3, 0.4) is 0 Å². The molecule has 1 aromatic rings. The van der Waals surface area contributed by atoms with E-state index in [1.54, 1.807) is 0 Å². The molecular formula is C17H28N2. The molecule has 1 saturated heterocycles. The van der Waals surface area contributed by atoms with Crippen LogP contribution in [0.2, 0.25) is 0 Å². The Morgan fingerprint density at radius 1 is 1.11 bits per heavy atom. The van der Waals surface area contributed by atoms with Crippen molar-refractivity contribution in [2.24, 2.45) is 11.1 Å². The third kappa shape index (κ3) is 2.64. The minimum absolute atomic E-state index is 0.0735. The van der Waals surface area contributed by atoms with Gasteiger partial charge in [-0.15, -0.1) is 0 Å². The lowest BCUT2D eigenvalue weighted by atomic mass is 9.75. The lowest BCUT2D eigenvalue weighted by Crippen LogP contribution is -2.55. The van der Waals surface area contributed by atoms with Crippen LogP contribution in [0.4, 0.5) is 5.69 Å². The molecule has 2 rings (SSSR count). The van der Waals surface area contributed by atoms with Gasteiger partial charge in [-0.25, -0.2) is 0 Å². The van der Waals surface area contributed by atoms with E-state index in [2.05, 4.69) is 56.9 Å². The molecule has 1 heterocycles. The molecule has 2 nitrogen and oxygen atoms in total. The molecule has 1 aromatic carbocycles. The Hall–Kier alpha value is -1.02. The fourth-order valence-electron chi connectivity index (χ4n) is 2.88. The van der Waals surface area contributed by atoms with E-state index in [0.29, 0.717) is 12.0 Å². The molecule has 2 heteroatoms. The van der Waals surface area contributed by atoms with Crippen LogP contribution < -0.4 is 10.6 Å². The first-order valence-electron chi connectivity index (χ1n) is 7.52. The molecule has 2 N–H and O–H groups in total. The summed E-state index contributed by atoms with van der Waals surface area (Å²) in [4.78, 5) is 2.49. The maximum atomic E-state index is 5.83. The quantitative estimate of drug-likeness (QED) is 0.877. The second-order valence-electron chi connectivity index (χ2n) is 6.70. The van der Waals surface area contributed by atoms with Crippen LogP contribution in [0, 0.1) is 5.41 Å². The van der Waals surface area contributed by atoms with Gasteiger partial charge < -0.3 is 10.6 Å². The summed E-state index contributed by atoms with van der Waals surface area (Å²) < 4.78 is 0. The largest absolute Gasteiger partial charge is 0.370 e. The molecule has 0 atom stereocenters. The first-order chi connectivity index (χ1) is 8.96. The second-order valence-corrected chi connectivity index (χ2v) is 6.70. The summed E-state index contributed by atoms with van der Waals surface area (Å²) in [5.41, 5.74) is 9.16. The van der Waals surface area contributed by atoms with Crippen LogP contribution in [-0.4, -0.2) is 19.6 Å². The van der Waals surface area contributed by atoms with Crippen LogP contribution in [0.25, 0.3) is 0 Å². The Kier molecular flexibility index (Phi) is 3.91. The van der Waals surface area contributed by atoms with Crippen LogP contribution in [0.15, 0.2) is 24.3 Å². The van der Waals surface area contributed by atoms with E-state index < -0.39 is 0 Å². The van der Waals surface area contributed by atoms with E-state index in [-0.39, 0.29) is 5.41 Å². The van der Waals surface area contributed by atoms with Crippen molar-refractivity contribution in [3.8, 4) is 0 Å². The summed E-state index contributed by atoms with van der Waals surface area (Å²) in [7, 11) is 0. The van der Waals surface area contributed by atoms with Crippen LogP contribution in [0.5, 0.6) is 0 Å². The number of hydrogen-bond donors (Lipinski definition) is 1. The highest BCUT2D eigenvalue weighted by Gasteiger charge is 2.39. The van der Waals surface area contributed by atoms with Gasteiger partial charge in [-0.1, -0.05) is 39.8 Å². The Morgan fingerprint density at radius 3 is 2.05 bits per heavy atom. The monoisotopic (exact) mass is 260 g/mol. The highest BCUT2D eigenvalue weighted by atomic mass is 15.2. The molecule has 0 bridgehead atoms. The van der Waals surface area contributed by atoms with Gasteiger partial charge >= 0.3 is 0 Å². The van der Waals surface area contributed by atoms with Gasteiger partial charge in [0.15, 0.2) is 0 Å². The number of benzene rings is 1. The smallest absolute Gasteiger partial charge is 0.0366 e. The molecular weight excluding hydrogens is 232 g/mol. The maximum Gasteiger partial charge on any atom is 0.0366 e. The van der Waals surface area contributed by atoms with Crippen molar-refractivity contribution in [1.29, 1.82) is 0 Å². The van der Waals surface area contributed by atoms with Gasteiger partial charge in [0, 0.05) is 36.2 Å². The van der Waals surface area contributed by atoms with Crippen molar-refractivity contribution in [3.05, 3.63) is 29.8 Å². The van der Waals surface area contributed by atoms with Gasteiger partial charge in [0.1, 0.15) is 0 Å². The predicted molar refractivity (Wildman–Crippen MR) is 83.8 cm³/mol. The van der Waals surface area contributed by atoms with Crippen molar-refractivity contribution in [2.75, 3.05) is 24.5 Å². The number of rotatable bonds is 5. The lowest BCUT2D eigenvalue weighted by molar-refractivity contribution is 0.194. The Morgan fingerprint density at radius 2 is 1.63 bits per heavy atom. The van der Waals surface area contributed by atoms with Crippen LogP contribution in [0.1, 0.15) is 46.1 Å². The number of anilines is 1. The minimum Gasteiger partial charge on any atom is -0.370 e. The molecule has 0 amide bonds. The fraction of sp³-hybridized carbons (Fsp3) is 0.647. The lowest BCUT2D eigenvalue weighted by Gasteiger charge is -2.51. The van der Waals surface area contributed by atoms with E-state index in [0.717, 1.165) is 0 Å². The SMILES string of the molecule is CCC1(CC)CN(c2ccc(C(C)(C)CN)cc2)C1. The summed E-state index contributed by atoms with van der Waals surface area (Å²) in [6.45, 7) is 12.1. The molecule has 1 fully saturated rings. The van der Waals surface area contributed by atoms with E-state index in [1.165, 1.54) is 37.2 Å². The van der Waals surface area contributed by atoms with Gasteiger partial charge in [-0.3, -0.25) is 0 Å². The van der Waals surface area contributed by atoms with Crippen molar-refractivity contribution in [1.82, 2.24) is 0 Å². The molecule has 1 aliphatic rings. The van der Waals surface area contributed by atoms with E-state index in [1.807, 2.05) is 0 Å². The van der Waals surface area contributed by atoms with E-state index in [4.69, 9.17) is 5.73 Å². The summed E-state index contributed by atoms with van der Waals surface area (Å²) in [6.07, 6.45) is 2.58. The van der Waals surface area contributed by atoms with Crippen LogP contribution in [-0.2, 0) is 5.41 Å². The molecule has 1 aliphatic heterocycles. The van der Waals surface area contributed by atoms with E-state index in [9.17, 15) is 0 Å². The van der Waals surface area contributed by atoms with Gasteiger partial charge in [0.05, 0.1) is 0 Å². The zero-order chi connectivity index (χ0) is 14.1. The number of nitrogens with two attached hydrogens (primary N) is 1. The van der Waals surface area contributed by atoms with Crippen molar-refractivity contribution < 1.29 is 0 Å². The molecule has 106 valence electrons. The van der Waals surface area contributed by atoms with Gasteiger partial charge in [0.2, 0.25) is 0 Å². The topological polar surface area (TPSA) is 29.3 Å². The van der Waals surface area contributed by atoms with Crippen LogP contribution >= 0.6 is 0 Å². The molecule has 0 aromatic heterocycles. The number of hydrogen-bond acceptors (Lipinski definition) is 2. The van der Waals surface area contributed by atoms with Crippen molar-refractivity contribution >= 4 is 5.69 Å². The highest BCUT2D eigenvalue weighted by molar-refractivity contribution is 5.51. The summed E-state index contributed by atoms with van der Waals surface area (Å²) in [5.74, 6) is 0. The number of nitrogens with zero attached hydrogens (tertiary/aromatic N) is 1. The molecule has 0 aliphatic carbocycles. The Balaban J connectivity index is 2.05. The Bertz CT molecular complexity index is 407. The first-order valence-corrected chi connectivity index (χ1v) is 7.52. The standard InChI is InChI=1S/C17H28N2/c1-5-17(6-2)12-19(13-17)15-9-7-14(8-10-15)16(3,4)11-18/h7-10H,5-6,11-13,18H2,1-4H3. The zero-order valence-electron chi connectivity index (χ0n) is 12.9. The molecule has 0 unspecified atom stereocenters. The maximum absolute atomic E-state index is 5.83. The molecule has 0 spiro atoms. The second kappa shape index (κ2) is 5.16. The normalized spacial score (nSPS) is 18.3. The summed E-state index contributed by atoms with van der Waals surface area (Å²) in [5, 5.41) is 0. The first kappa shape index (κ1) is 14.4. The van der Waals surface area contributed by atoms with Crippen molar-refractivity contribution in [2.45, 2.75) is 46.0 Å². The average molecular weight is 260 g/mol. The third-order valence-corrected chi connectivity index (χ3v) is 5.08. The summed E-state index contributed by atoms with van der Waals surface area (Å²) in [6, 6.07) is 8.98. The predicted octanol–water partition coefficient (Wildman–Crippen LogP) is 3.55. The van der Waals surface area contributed by atoms with E-state index >= 15 is 0 Å². The third-order valence-electron chi connectivity index (χ3n) is 5.08. The highest BCUT2D eigenvalue weighted by Crippen LogP contribution is 2.40. The minimum atomic E-state index is 0.0735. The molecule has 19 heavy (non-hydrogen) atoms. The summed E-state index contributed by atoms with van der Waals surface area (Å²) >= 11 is 0. The van der Waals surface area contributed by atoms with Gasteiger partial charge in [-0.05, 0) is 30.5 Å². The van der Waals surface area contributed by atoms with Gasteiger partial charge in [0.25, 0.3) is 0 Å². The Labute approximate surface area is 118 Å². The molecule has 0 saturated carbocycles. The zero-order valence-corrected chi connectivity index (χ0v) is 12.9. The fourth-order valence-corrected chi connectivity index (χ4v) is 2.88. The average Bonchev–Trinajstić information content (AvgIpc) is 2.39. The van der Waals surface area contributed by atoms with Gasteiger partial charge in [-0.2, -0.15) is 0 Å². The molecule has 0 radical (unpaired) electrons. The van der Waals surface area contributed by atoms with Crippen molar-refractivity contribution in [3.63, 3.8) is 0 Å².